The Bertz CT molecular complexity index is 458. The number of piperidine rings is 1. The largest absolute Gasteiger partial charge is 0.345 e. The molecule has 1 heterocycles. The highest BCUT2D eigenvalue weighted by Crippen LogP contribution is 2.25. The van der Waals surface area contributed by atoms with Crippen molar-refractivity contribution in [2.24, 2.45) is 17.8 Å². The van der Waals surface area contributed by atoms with Gasteiger partial charge in [0.25, 0.3) is 0 Å². The molecule has 33 heavy (non-hydrogen) atoms. The number of likely N-dealkylation sites (tertiary alicyclic amines) is 1. The molecular weight excluding hydrogens is 404 g/mol. The van der Waals surface area contributed by atoms with Gasteiger partial charge in [-0.3, -0.25) is 4.79 Å². The Morgan fingerprint density at radius 3 is 1.91 bits per heavy atom. The highest BCUT2D eigenvalue weighted by Gasteiger charge is 2.26. The second-order valence-corrected chi connectivity index (χ2v) is 11.2. The van der Waals surface area contributed by atoms with Crippen molar-refractivity contribution in [2.45, 2.75) is 137 Å². The van der Waals surface area contributed by atoms with Crippen LogP contribution in [0.1, 0.15) is 137 Å². The highest BCUT2D eigenvalue weighted by atomic mass is 16.2. The standard InChI is InChI=1S/C30H60N2O/c1-6-10-14-16-20-29(19-13-9-4)30(33)31(5)25-28-21-23-32(24-22-28)26-27(17-12-8-3)18-15-11-7-2/h27-29H,6-26H2,1-5H3. The second-order valence-electron chi connectivity index (χ2n) is 11.2. The van der Waals surface area contributed by atoms with Crippen molar-refractivity contribution in [1.82, 2.24) is 9.80 Å². The molecular formula is C30H60N2O. The average Bonchev–Trinajstić information content (AvgIpc) is 2.82. The van der Waals surface area contributed by atoms with Crippen molar-refractivity contribution in [2.75, 3.05) is 33.2 Å². The summed E-state index contributed by atoms with van der Waals surface area (Å²) in [6, 6.07) is 0. The molecule has 196 valence electrons. The molecule has 0 spiro atoms. The van der Waals surface area contributed by atoms with Crippen molar-refractivity contribution >= 4 is 5.91 Å². The van der Waals surface area contributed by atoms with E-state index >= 15 is 0 Å². The zero-order valence-electron chi connectivity index (χ0n) is 23.4. The van der Waals surface area contributed by atoms with Gasteiger partial charge in [-0.25, -0.2) is 0 Å². The molecule has 0 N–H and O–H groups in total. The third-order valence-corrected chi connectivity index (χ3v) is 7.98. The molecule has 1 saturated heterocycles. The summed E-state index contributed by atoms with van der Waals surface area (Å²) in [5, 5.41) is 0. The maximum absolute atomic E-state index is 13.2. The summed E-state index contributed by atoms with van der Waals surface area (Å²) in [6.07, 6.45) is 21.8. The zero-order valence-corrected chi connectivity index (χ0v) is 23.4. The van der Waals surface area contributed by atoms with Crippen LogP contribution >= 0.6 is 0 Å². The number of unbranched alkanes of at least 4 members (excludes halogenated alkanes) is 7. The maximum atomic E-state index is 13.2. The number of amides is 1. The van der Waals surface area contributed by atoms with Crippen molar-refractivity contribution < 1.29 is 4.79 Å². The lowest BCUT2D eigenvalue weighted by atomic mass is 9.91. The summed E-state index contributed by atoms with van der Waals surface area (Å²) in [4.78, 5) is 18.1. The summed E-state index contributed by atoms with van der Waals surface area (Å²) in [6.45, 7) is 13.9. The topological polar surface area (TPSA) is 23.6 Å². The number of hydrogen-bond acceptors (Lipinski definition) is 2. The average molecular weight is 465 g/mol. The SMILES string of the molecule is CCCCCCC(CCCC)C(=O)N(C)CC1CCN(CC(CCCC)CCCCC)CC1. The van der Waals surface area contributed by atoms with Gasteiger partial charge in [-0.1, -0.05) is 98.3 Å². The Balaban J connectivity index is 2.44. The number of hydrogen-bond donors (Lipinski definition) is 0. The van der Waals surface area contributed by atoms with Crippen LogP contribution in [0.25, 0.3) is 0 Å². The number of rotatable bonds is 20. The van der Waals surface area contributed by atoms with Crippen LogP contribution in [-0.2, 0) is 4.79 Å². The van der Waals surface area contributed by atoms with Crippen molar-refractivity contribution in [3.63, 3.8) is 0 Å². The van der Waals surface area contributed by atoms with E-state index in [0.717, 1.165) is 25.3 Å². The van der Waals surface area contributed by atoms with Crippen molar-refractivity contribution in [3.8, 4) is 0 Å². The first-order valence-electron chi connectivity index (χ1n) is 15.0. The van der Waals surface area contributed by atoms with Crippen LogP contribution in [0.4, 0.5) is 0 Å². The van der Waals surface area contributed by atoms with Crippen molar-refractivity contribution in [1.29, 1.82) is 0 Å². The summed E-state index contributed by atoms with van der Waals surface area (Å²) in [5.41, 5.74) is 0. The quantitative estimate of drug-likeness (QED) is 0.169. The fourth-order valence-corrected chi connectivity index (χ4v) is 5.67. The molecule has 1 aliphatic heterocycles. The molecule has 0 saturated carbocycles. The van der Waals surface area contributed by atoms with Gasteiger partial charge < -0.3 is 9.80 Å². The molecule has 0 bridgehead atoms. The monoisotopic (exact) mass is 464 g/mol. The predicted molar refractivity (Wildman–Crippen MR) is 146 cm³/mol. The Morgan fingerprint density at radius 1 is 0.758 bits per heavy atom. The number of carbonyl (C=O) groups excluding carboxylic acids is 1. The van der Waals surface area contributed by atoms with E-state index in [1.54, 1.807) is 0 Å². The van der Waals surface area contributed by atoms with E-state index in [0.29, 0.717) is 11.8 Å². The Labute approximate surface area is 208 Å². The Kier molecular flexibility index (Phi) is 18.2. The lowest BCUT2D eigenvalue weighted by Crippen LogP contribution is -2.42. The van der Waals surface area contributed by atoms with Gasteiger partial charge in [-0.2, -0.15) is 0 Å². The minimum absolute atomic E-state index is 0.259. The number of carbonyl (C=O) groups is 1. The highest BCUT2D eigenvalue weighted by molar-refractivity contribution is 5.78. The van der Waals surface area contributed by atoms with Gasteiger partial charge in [0.1, 0.15) is 0 Å². The van der Waals surface area contributed by atoms with E-state index in [4.69, 9.17) is 0 Å². The summed E-state index contributed by atoms with van der Waals surface area (Å²) >= 11 is 0. The Morgan fingerprint density at radius 2 is 1.27 bits per heavy atom. The number of nitrogens with zero attached hydrogens (tertiary/aromatic N) is 2. The molecule has 1 amide bonds. The summed E-state index contributed by atoms with van der Waals surface area (Å²) in [5.74, 6) is 2.27. The van der Waals surface area contributed by atoms with Crippen LogP contribution in [0.5, 0.6) is 0 Å². The fraction of sp³-hybridized carbons (Fsp3) is 0.967. The van der Waals surface area contributed by atoms with Gasteiger partial charge in [0.2, 0.25) is 5.91 Å². The van der Waals surface area contributed by atoms with Crippen LogP contribution in [0.15, 0.2) is 0 Å². The minimum atomic E-state index is 0.259. The van der Waals surface area contributed by atoms with E-state index in [1.165, 1.54) is 116 Å². The smallest absolute Gasteiger partial charge is 0.225 e. The molecule has 1 aliphatic rings. The maximum Gasteiger partial charge on any atom is 0.225 e. The van der Waals surface area contributed by atoms with Crippen LogP contribution in [0, 0.1) is 17.8 Å². The molecule has 2 atom stereocenters. The first-order valence-corrected chi connectivity index (χ1v) is 15.0. The minimum Gasteiger partial charge on any atom is -0.345 e. The lowest BCUT2D eigenvalue weighted by molar-refractivity contribution is -0.135. The van der Waals surface area contributed by atoms with E-state index in [2.05, 4.69) is 44.5 Å². The zero-order chi connectivity index (χ0) is 24.3. The van der Waals surface area contributed by atoms with Crippen molar-refractivity contribution in [3.05, 3.63) is 0 Å². The first-order chi connectivity index (χ1) is 16.0. The van der Waals surface area contributed by atoms with Crippen LogP contribution in [0.2, 0.25) is 0 Å². The molecule has 1 rings (SSSR count). The van der Waals surface area contributed by atoms with E-state index < -0.39 is 0 Å². The normalized spacial score (nSPS) is 17.2. The van der Waals surface area contributed by atoms with Gasteiger partial charge in [0.15, 0.2) is 0 Å². The van der Waals surface area contributed by atoms with Crippen LogP contribution in [-0.4, -0.2) is 48.9 Å². The molecule has 3 nitrogen and oxygen atoms in total. The van der Waals surface area contributed by atoms with E-state index in [-0.39, 0.29) is 5.92 Å². The summed E-state index contributed by atoms with van der Waals surface area (Å²) in [7, 11) is 2.08. The predicted octanol–water partition coefficient (Wildman–Crippen LogP) is 8.32. The molecule has 0 aromatic carbocycles. The third kappa shape index (κ3) is 13.8. The fourth-order valence-electron chi connectivity index (χ4n) is 5.67. The molecule has 1 fully saturated rings. The third-order valence-electron chi connectivity index (χ3n) is 7.98. The lowest BCUT2D eigenvalue weighted by Gasteiger charge is -2.36. The van der Waals surface area contributed by atoms with Gasteiger partial charge in [0, 0.05) is 26.1 Å². The van der Waals surface area contributed by atoms with E-state index in [9.17, 15) is 4.79 Å². The molecule has 0 aromatic rings. The molecule has 2 unspecified atom stereocenters. The van der Waals surface area contributed by atoms with Crippen LogP contribution < -0.4 is 0 Å². The second kappa shape index (κ2) is 19.7. The molecule has 3 heteroatoms. The van der Waals surface area contributed by atoms with Gasteiger partial charge in [-0.15, -0.1) is 0 Å². The molecule has 0 aromatic heterocycles. The Hall–Kier alpha value is -0.570. The molecule has 0 radical (unpaired) electrons. The first kappa shape index (κ1) is 30.5. The van der Waals surface area contributed by atoms with Crippen LogP contribution in [0.3, 0.4) is 0 Å². The summed E-state index contributed by atoms with van der Waals surface area (Å²) < 4.78 is 0. The molecule has 0 aliphatic carbocycles. The van der Waals surface area contributed by atoms with Gasteiger partial charge >= 0.3 is 0 Å². The van der Waals surface area contributed by atoms with Gasteiger partial charge in [-0.05, 0) is 63.5 Å². The van der Waals surface area contributed by atoms with Gasteiger partial charge in [0.05, 0.1) is 0 Å². The van der Waals surface area contributed by atoms with E-state index in [1.807, 2.05) is 0 Å².